The number of aryl methyl sites for hydroxylation is 2. The highest BCUT2D eigenvalue weighted by atomic mass is 32.2. The Morgan fingerprint density at radius 1 is 1.46 bits per heavy atom. The largest absolute Gasteiger partial charge is 0.353 e. The van der Waals surface area contributed by atoms with Crippen LogP contribution in [0.4, 0.5) is 0 Å². The molecule has 0 aliphatic heterocycles. The third-order valence-corrected chi connectivity index (χ3v) is 6.70. The van der Waals surface area contributed by atoms with Crippen LogP contribution in [-0.2, 0) is 11.3 Å². The first-order valence-corrected chi connectivity index (χ1v) is 10.1. The fourth-order valence-corrected chi connectivity index (χ4v) is 4.78. The lowest BCUT2D eigenvalue weighted by Gasteiger charge is -2.13. The van der Waals surface area contributed by atoms with Gasteiger partial charge in [-0.05, 0) is 52.0 Å². The first-order valence-electron chi connectivity index (χ1n) is 8.35. The number of carbonyl (C=O) groups excluding carboxylic acids is 1. The average Bonchev–Trinajstić information content (AvgIpc) is 3.33. The van der Waals surface area contributed by atoms with Gasteiger partial charge in [-0.25, -0.2) is 4.98 Å². The molecule has 0 unspecified atom stereocenters. The molecule has 2 aromatic heterocycles. The van der Waals surface area contributed by atoms with Crippen LogP contribution in [0, 0.1) is 19.8 Å². The van der Waals surface area contributed by atoms with Crippen molar-refractivity contribution in [3.05, 3.63) is 20.8 Å². The molecule has 0 aromatic carbocycles. The summed E-state index contributed by atoms with van der Waals surface area (Å²) < 4.78 is 1.67. The van der Waals surface area contributed by atoms with E-state index in [9.17, 15) is 9.59 Å². The SMILES string of the molecule is CCn1c(SCC(=O)N[C@@H](C)C2CC2)nc2sc(C)c(C)c2c1=O. The summed E-state index contributed by atoms with van der Waals surface area (Å²) in [6, 6.07) is 0.240. The van der Waals surface area contributed by atoms with Crippen molar-refractivity contribution in [3.8, 4) is 0 Å². The minimum atomic E-state index is -0.00129. The van der Waals surface area contributed by atoms with Crippen molar-refractivity contribution in [1.82, 2.24) is 14.9 Å². The number of amides is 1. The zero-order chi connectivity index (χ0) is 17.4. The molecule has 1 aliphatic carbocycles. The van der Waals surface area contributed by atoms with Gasteiger partial charge in [0.2, 0.25) is 5.91 Å². The fourth-order valence-electron chi connectivity index (χ4n) is 2.84. The van der Waals surface area contributed by atoms with Gasteiger partial charge in [-0.1, -0.05) is 11.8 Å². The topological polar surface area (TPSA) is 64.0 Å². The third-order valence-electron chi connectivity index (χ3n) is 4.62. The van der Waals surface area contributed by atoms with Crippen molar-refractivity contribution in [3.63, 3.8) is 0 Å². The van der Waals surface area contributed by atoms with Crippen molar-refractivity contribution < 1.29 is 4.79 Å². The van der Waals surface area contributed by atoms with Crippen LogP contribution in [0.2, 0.25) is 0 Å². The Morgan fingerprint density at radius 2 is 2.17 bits per heavy atom. The molecule has 2 heterocycles. The lowest BCUT2D eigenvalue weighted by molar-refractivity contribution is -0.119. The molecular weight excluding hydrogens is 342 g/mol. The maximum absolute atomic E-state index is 12.8. The number of rotatable bonds is 6. The molecular formula is C17H23N3O2S2. The quantitative estimate of drug-likeness (QED) is 0.631. The summed E-state index contributed by atoms with van der Waals surface area (Å²) in [4.78, 5) is 31.4. The van der Waals surface area contributed by atoms with Crippen molar-refractivity contribution in [2.45, 2.75) is 58.3 Å². The van der Waals surface area contributed by atoms with Crippen molar-refractivity contribution >= 4 is 39.2 Å². The Hall–Kier alpha value is -1.34. The minimum absolute atomic E-state index is 0.00129. The van der Waals surface area contributed by atoms with E-state index in [2.05, 4.69) is 17.2 Å². The van der Waals surface area contributed by atoms with E-state index >= 15 is 0 Å². The van der Waals surface area contributed by atoms with Crippen molar-refractivity contribution in [1.29, 1.82) is 0 Å². The number of fused-ring (bicyclic) bond motifs is 1. The fraction of sp³-hybridized carbons (Fsp3) is 0.588. The Bertz CT molecular complexity index is 836. The van der Waals surface area contributed by atoms with E-state index in [0.717, 1.165) is 20.7 Å². The number of nitrogens with one attached hydrogen (secondary N) is 1. The zero-order valence-electron chi connectivity index (χ0n) is 14.5. The first-order chi connectivity index (χ1) is 11.4. The molecule has 0 saturated heterocycles. The maximum atomic E-state index is 12.8. The highest BCUT2D eigenvalue weighted by Crippen LogP contribution is 2.32. The summed E-state index contributed by atoms with van der Waals surface area (Å²) in [5.41, 5.74) is 1.01. The average molecular weight is 366 g/mol. The number of aromatic nitrogens is 2. The van der Waals surface area contributed by atoms with E-state index in [-0.39, 0.29) is 17.5 Å². The Morgan fingerprint density at radius 3 is 2.79 bits per heavy atom. The van der Waals surface area contributed by atoms with E-state index in [4.69, 9.17) is 0 Å². The lowest BCUT2D eigenvalue weighted by Crippen LogP contribution is -2.35. The van der Waals surface area contributed by atoms with E-state index in [0.29, 0.717) is 23.4 Å². The van der Waals surface area contributed by atoms with Crippen LogP contribution < -0.4 is 10.9 Å². The monoisotopic (exact) mass is 365 g/mol. The van der Waals surface area contributed by atoms with Crippen LogP contribution >= 0.6 is 23.1 Å². The summed E-state index contributed by atoms with van der Waals surface area (Å²) >= 11 is 2.89. The third kappa shape index (κ3) is 3.37. The molecule has 0 spiro atoms. The van der Waals surface area contributed by atoms with Gasteiger partial charge in [0, 0.05) is 17.5 Å². The van der Waals surface area contributed by atoms with Gasteiger partial charge in [0.1, 0.15) is 4.83 Å². The second-order valence-corrected chi connectivity index (χ2v) is 8.54. The molecule has 5 nitrogen and oxygen atoms in total. The number of thiophene rings is 1. The lowest BCUT2D eigenvalue weighted by atomic mass is 10.2. The summed E-state index contributed by atoms with van der Waals surface area (Å²) in [6.07, 6.45) is 2.42. The predicted molar refractivity (Wildman–Crippen MR) is 100 cm³/mol. The molecule has 1 N–H and O–H groups in total. The van der Waals surface area contributed by atoms with Crippen LogP contribution in [0.1, 0.15) is 37.1 Å². The molecule has 1 fully saturated rings. The number of thioether (sulfide) groups is 1. The van der Waals surface area contributed by atoms with Crippen LogP contribution in [0.3, 0.4) is 0 Å². The van der Waals surface area contributed by atoms with Gasteiger partial charge < -0.3 is 5.32 Å². The Labute approximate surface area is 149 Å². The van der Waals surface area contributed by atoms with Crippen LogP contribution in [-0.4, -0.2) is 27.3 Å². The van der Waals surface area contributed by atoms with Gasteiger partial charge in [-0.3, -0.25) is 14.2 Å². The molecule has 3 rings (SSSR count). The van der Waals surface area contributed by atoms with Gasteiger partial charge in [-0.2, -0.15) is 0 Å². The molecule has 1 atom stereocenters. The number of nitrogens with zero attached hydrogens (tertiary/aromatic N) is 2. The second kappa shape index (κ2) is 6.88. The Balaban J connectivity index is 1.80. The summed E-state index contributed by atoms with van der Waals surface area (Å²) in [6.45, 7) is 8.53. The van der Waals surface area contributed by atoms with E-state index < -0.39 is 0 Å². The first kappa shape index (κ1) is 17.5. The van der Waals surface area contributed by atoms with Crippen LogP contribution in [0.15, 0.2) is 9.95 Å². The molecule has 1 amide bonds. The number of hydrogen-bond donors (Lipinski definition) is 1. The summed E-state index contributed by atoms with van der Waals surface area (Å²) in [7, 11) is 0. The minimum Gasteiger partial charge on any atom is -0.353 e. The van der Waals surface area contributed by atoms with Gasteiger partial charge >= 0.3 is 0 Å². The number of hydrogen-bond acceptors (Lipinski definition) is 5. The van der Waals surface area contributed by atoms with Crippen LogP contribution in [0.5, 0.6) is 0 Å². The van der Waals surface area contributed by atoms with Gasteiger partial charge in [-0.15, -0.1) is 11.3 Å². The normalized spacial score (nSPS) is 15.7. The molecule has 24 heavy (non-hydrogen) atoms. The molecule has 0 bridgehead atoms. The number of carbonyl (C=O) groups is 1. The molecule has 1 saturated carbocycles. The van der Waals surface area contributed by atoms with Crippen molar-refractivity contribution in [2.75, 3.05) is 5.75 Å². The molecule has 1 aliphatic rings. The molecule has 7 heteroatoms. The van der Waals surface area contributed by atoms with Crippen LogP contribution in [0.25, 0.3) is 10.2 Å². The van der Waals surface area contributed by atoms with E-state index in [1.54, 1.807) is 15.9 Å². The van der Waals surface area contributed by atoms with E-state index in [1.807, 2.05) is 20.8 Å². The van der Waals surface area contributed by atoms with Gasteiger partial charge in [0.05, 0.1) is 11.1 Å². The standard InChI is InChI=1S/C17H23N3O2S2/c1-5-20-16(22)14-9(2)11(4)24-15(14)19-17(20)23-8-13(21)18-10(3)12-6-7-12/h10,12H,5-8H2,1-4H3,(H,18,21)/t10-/m0/s1. The molecule has 0 radical (unpaired) electrons. The van der Waals surface area contributed by atoms with Gasteiger partial charge in [0.15, 0.2) is 5.16 Å². The molecule has 2 aromatic rings. The highest BCUT2D eigenvalue weighted by Gasteiger charge is 2.28. The smallest absolute Gasteiger partial charge is 0.263 e. The maximum Gasteiger partial charge on any atom is 0.263 e. The predicted octanol–water partition coefficient (Wildman–Crippen LogP) is 3.10. The summed E-state index contributed by atoms with van der Waals surface area (Å²) in [5, 5.41) is 4.39. The van der Waals surface area contributed by atoms with Crippen molar-refractivity contribution in [2.24, 2.45) is 5.92 Å². The Kier molecular flexibility index (Phi) is 5.01. The zero-order valence-corrected chi connectivity index (χ0v) is 16.1. The molecule has 130 valence electrons. The highest BCUT2D eigenvalue weighted by molar-refractivity contribution is 7.99. The van der Waals surface area contributed by atoms with Gasteiger partial charge in [0.25, 0.3) is 5.56 Å². The second-order valence-electron chi connectivity index (χ2n) is 6.39. The summed E-state index contributed by atoms with van der Waals surface area (Å²) in [5.74, 6) is 0.937. The van der Waals surface area contributed by atoms with E-state index in [1.165, 1.54) is 24.6 Å².